The van der Waals surface area contributed by atoms with Gasteiger partial charge in [0.2, 0.25) is 0 Å². The lowest BCUT2D eigenvalue weighted by Gasteiger charge is -2.24. The minimum atomic E-state index is -0.637. The quantitative estimate of drug-likeness (QED) is 0.232. The standard InChI is InChI=1S/C35H36N2O5S/c1-7-40-29-18-25(14-15-28(29)42-20-27-22(4)16-21(3)17-23(27)5)19-30-33(38)37-32(26-12-10-9-11-13-26)31(34(39)41-8-2)24(6)36-35(37)43-30/h9-19,32H,7-8,20H2,1-6H3/b30-19-/t32-/m1/s1. The normalized spacial score (nSPS) is 14.7. The fraction of sp³-hybridized carbons (Fsp3) is 0.286. The molecule has 5 rings (SSSR count). The van der Waals surface area contributed by atoms with Gasteiger partial charge in [-0.15, -0.1) is 0 Å². The molecule has 43 heavy (non-hydrogen) atoms. The number of benzene rings is 3. The number of nitrogens with zero attached hydrogens (tertiary/aromatic N) is 2. The molecule has 3 aromatic carbocycles. The van der Waals surface area contributed by atoms with Crippen molar-refractivity contribution < 1.29 is 19.0 Å². The van der Waals surface area contributed by atoms with Gasteiger partial charge in [0.05, 0.1) is 35.1 Å². The summed E-state index contributed by atoms with van der Waals surface area (Å²) in [5.74, 6) is 0.771. The topological polar surface area (TPSA) is 79.1 Å². The van der Waals surface area contributed by atoms with E-state index in [-0.39, 0.29) is 12.2 Å². The molecule has 1 aliphatic rings. The Labute approximate surface area is 255 Å². The molecule has 1 aromatic heterocycles. The van der Waals surface area contributed by atoms with Crippen molar-refractivity contribution in [1.29, 1.82) is 0 Å². The first-order chi connectivity index (χ1) is 20.7. The van der Waals surface area contributed by atoms with Gasteiger partial charge in [0.25, 0.3) is 5.56 Å². The average Bonchev–Trinajstić information content (AvgIpc) is 3.27. The van der Waals surface area contributed by atoms with Gasteiger partial charge in [0.15, 0.2) is 16.3 Å². The zero-order chi connectivity index (χ0) is 30.7. The van der Waals surface area contributed by atoms with Crippen LogP contribution in [0.4, 0.5) is 0 Å². The minimum Gasteiger partial charge on any atom is -0.490 e. The number of hydrogen-bond acceptors (Lipinski definition) is 7. The second-order valence-electron chi connectivity index (χ2n) is 10.5. The van der Waals surface area contributed by atoms with Crippen LogP contribution < -0.4 is 24.4 Å². The lowest BCUT2D eigenvalue weighted by Crippen LogP contribution is -2.39. The second kappa shape index (κ2) is 12.8. The first kappa shape index (κ1) is 30.0. The summed E-state index contributed by atoms with van der Waals surface area (Å²) >= 11 is 1.29. The van der Waals surface area contributed by atoms with Gasteiger partial charge in [-0.3, -0.25) is 9.36 Å². The van der Waals surface area contributed by atoms with Crippen LogP contribution in [0, 0.1) is 20.8 Å². The van der Waals surface area contributed by atoms with Crippen molar-refractivity contribution in [1.82, 2.24) is 4.57 Å². The lowest BCUT2D eigenvalue weighted by molar-refractivity contribution is -0.139. The number of thiazole rings is 1. The van der Waals surface area contributed by atoms with Crippen LogP contribution in [0.3, 0.4) is 0 Å². The van der Waals surface area contributed by atoms with Crippen LogP contribution in [0.2, 0.25) is 0 Å². The average molecular weight is 597 g/mol. The molecule has 0 spiro atoms. The van der Waals surface area contributed by atoms with E-state index in [1.54, 1.807) is 18.4 Å². The number of rotatable bonds is 9. The van der Waals surface area contributed by atoms with Gasteiger partial charge in [-0.2, -0.15) is 0 Å². The highest BCUT2D eigenvalue weighted by atomic mass is 32.1. The zero-order valence-corrected chi connectivity index (χ0v) is 26.2. The Balaban J connectivity index is 1.54. The van der Waals surface area contributed by atoms with E-state index in [2.05, 4.69) is 37.9 Å². The molecule has 0 saturated heterocycles. The summed E-state index contributed by atoms with van der Waals surface area (Å²) in [5.41, 5.74) is 7.05. The molecule has 8 heteroatoms. The van der Waals surface area contributed by atoms with Crippen molar-refractivity contribution in [2.75, 3.05) is 13.2 Å². The van der Waals surface area contributed by atoms with E-state index in [1.165, 1.54) is 28.0 Å². The molecule has 4 aromatic rings. The molecule has 1 atom stereocenters. The molecular formula is C35H36N2O5S. The zero-order valence-electron chi connectivity index (χ0n) is 25.4. The Morgan fingerprint density at radius 1 is 0.930 bits per heavy atom. The largest absolute Gasteiger partial charge is 0.490 e. The molecule has 0 unspecified atom stereocenters. The lowest BCUT2D eigenvalue weighted by atomic mass is 9.96. The van der Waals surface area contributed by atoms with E-state index in [1.807, 2.05) is 61.5 Å². The highest BCUT2D eigenvalue weighted by Gasteiger charge is 2.33. The fourth-order valence-corrected chi connectivity index (χ4v) is 6.53. The van der Waals surface area contributed by atoms with Gasteiger partial charge in [-0.05, 0) is 87.6 Å². The van der Waals surface area contributed by atoms with E-state index in [0.29, 0.717) is 45.3 Å². The van der Waals surface area contributed by atoms with Crippen LogP contribution in [0.15, 0.2) is 81.7 Å². The summed E-state index contributed by atoms with van der Waals surface area (Å²) in [4.78, 5) is 32.2. The number of fused-ring (bicyclic) bond motifs is 1. The summed E-state index contributed by atoms with van der Waals surface area (Å²) in [5, 5.41) is 0. The van der Waals surface area contributed by atoms with Gasteiger partial charge in [0.1, 0.15) is 6.61 Å². The Hall–Kier alpha value is -4.43. The van der Waals surface area contributed by atoms with Gasteiger partial charge in [0, 0.05) is 0 Å². The van der Waals surface area contributed by atoms with Crippen LogP contribution >= 0.6 is 11.3 Å². The maximum absolute atomic E-state index is 13.9. The third kappa shape index (κ3) is 6.20. The molecule has 0 amide bonds. The van der Waals surface area contributed by atoms with Crippen molar-refractivity contribution in [3.63, 3.8) is 0 Å². The Bertz CT molecular complexity index is 1860. The smallest absolute Gasteiger partial charge is 0.338 e. The van der Waals surface area contributed by atoms with Crippen LogP contribution in [0.5, 0.6) is 11.5 Å². The maximum Gasteiger partial charge on any atom is 0.338 e. The van der Waals surface area contributed by atoms with Crippen LogP contribution in [-0.4, -0.2) is 23.8 Å². The Kier molecular flexibility index (Phi) is 8.97. The highest BCUT2D eigenvalue weighted by molar-refractivity contribution is 7.07. The molecule has 0 radical (unpaired) electrons. The summed E-state index contributed by atoms with van der Waals surface area (Å²) in [7, 11) is 0. The molecule has 0 aliphatic carbocycles. The van der Waals surface area contributed by atoms with E-state index >= 15 is 0 Å². The minimum absolute atomic E-state index is 0.226. The van der Waals surface area contributed by atoms with Crippen molar-refractivity contribution in [3.05, 3.63) is 125 Å². The first-order valence-electron chi connectivity index (χ1n) is 14.4. The number of ether oxygens (including phenoxy) is 3. The summed E-state index contributed by atoms with van der Waals surface area (Å²) < 4.78 is 19.6. The third-order valence-electron chi connectivity index (χ3n) is 7.41. The number of aryl methyl sites for hydroxylation is 3. The molecular weight excluding hydrogens is 560 g/mol. The summed E-state index contributed by atoms with van der Waals surface area (Å²) in [6.07, 6.45) is 1.83. The predicted molar refractivity (Wildman–Crippen MR) is 169 cm³/mol. The van der Waals surface area contributed by atoms with Crippen LogP contribution in [0.1, 0.15) is 60.2 Å². The van der Waals surface area contributed by atoms with Crippen molar-refractivity contribution in [2.24, 2.45) is 4.99 Å². The van der Waals surface area contributed by atoms with Crippen LogP contribution in [0.25, 0.3) is 6.08 Å². The Morgan fingerprint density at radius 3 is 2.33 bits per heavy atom. The SMILES string of the molecule is CCOC(=O)C1=C(C)N=c2s/c(=C\c3ccc(OCc4c(C)cc(C)cc4C)c(OCC)c3)c(=O)n2[C@@H]1c1ccccc1. The van der Waals surface area contributed by atoms with E-state index in [9.17, 15) is 9.59 Å². The van der Waals surface area contributed by atoms with E-state index in [0.717, 1.165) is 16.7 Å². The van der Waals surface area contributed by atoms with Crippen LogP contribution in [-0.2, 0) is 16.1 Å². The molecule has 222 valence electrons. The molecule has 1 aliphatic heterocycles. The summed E-state index contributed by atoms with van der Waals surface area (Å²) in [6.45, 7) is 12.9. The molecule has 0 fully saturated rings. The van der Waals surface area contributed by atoms with E-state index in [4.69, 9.17) is 14.2 Å². The van der Waals surface area contributed by atoms with Gasteiger partial charge >= 0.3 is 5.97 Å². The Morgan fingerprint density at radius 2 is 1.65 bits per heavy atom. The third-order valence-corrected chi connectivity index (χ3v) is 8.39. The van der Waals surface area contributed by atoms with Gasteiger partial charge in [-0.25, -0.2) is 9.79 Å². The number of carbonyl (C=O) groups excluding carboxylic acids is 1. The van der Waals surface area contributed by atoms with Gasteiger partial charge < -0.3 is 14.2 Å². The second-order valence-corrected chi connectivity index (χ2v) is 11.5. The number of hydrogen-bond donors (Lipinski definition) is 0. The highest BCUT2D eigenvalue weighted by Crippen LogP contribution is 2.32. The molecule has 0 bridgehead atoms. The predicted octanol–water partition coefficient (Wildman–Crippen LogP) is 5.70. The number of esters is 1. The van der Waals surface area contributed by atoms with Gasteiger partial charge in [-0.1, -0.05) is 65.4 Å². The molecule has 2 heterocycles. The van der Waals surface area contributed by atoms with Crippen molar-refractivity contribution in [3.8, 4) is 11.5 Å². The van der Waals surface area contributed by atoms with E-state index < -0.39 is 12.0 Å². The number of allylic oxidation sites excluding steroid dienone is 1. The number of aromatic nitrogens is 1. The first-order valence-corrected chi connectivity index (χ1v) is 15.2. The van der Waals surface area contributed by atoms with Crippen molar-refractivity contribution >= 4 is 23.4 Å². The molecule has 0 N–H and O–H groups in total. The maximum atomic E-state index is 13.9. The van der Waals surface area contributed by atoms with Crippen molar-refractivity contribution in [2.45, 2.75) is 54.2 Å². The molecule has 0 saturated carbocycles. The summed E-state index contributed by atoms with van der Waals surface area (Å²) in [6, 6.07) is 18.9. The molecule has 7 nitrogen and oxygen atoms in total. The number of carbonyl (C=O) groups is 1. The monoisotopic (exact) mass is 596 g/mol. The fourth-order valence-electron chi connectivity index (χ4n) is 5.48.